The monoisotopic (exact) mass is 374 g/mol. The van der Waals surface area contributed by atoms with Crippen molar-refractivity contribution < 1.29 is 0 Å². The highest BCUT2D eigenvalue weighted by molar-refractivity contribution is 5.84. The molecule has 0 aliphatic rings. The SMILES string of the molecule is CC.CC.Cc1cc(C)c2ccccc2n1.Cc1cc2ccccc2c(C)n1. The third-order valence-corrected chi connectivity index (χ3v) is 4.11. The number of benzene rings is 2. The zero-order valence-electron chi connectivity index (χ0n) is 18.7. The Hall–Kier alpha value is -2.74. The van der Waals surface area contributed by atoms with Crippen molar-refractivity contribution in [3.05, 3.63) is 83.3 Å². The molecule has 0 fully saturated rings. The first kappa shape index (κ1) is 23.3. The minimum absolute atomic E-state index is 1.09. The summed E-state index contributed by atoms with van der Waals surface area (Å²) in [5.74, 6) is 0. The molecule has 0 unspecified atom stereocenters. The number of rotatable bonds is 0. The summed E-state index contributed by atoms with van der Waals surface area (Å²) in [6.07, 6.45) is 0. The van der Waals surface area contributed by atoms with Crippen molar-refractivity contribution in [2.24, 2.45) is 0 Å². The van der Waals surface area contributed by atoms with Gasteiger partial charge in [-0.3, -0.25) is 9.97 Å². The molecule has 0 N–H and O–H groups in total. The van der Waals surface area contributed by atoms with Gasteiger partial charge >= 0.3 is 0 Å². The van der Waals surface area contributed by atoms with Gasteiger partial charge in [0.1, 0.15) is 0 Å². The zero-order chi connectivity index (χ0) is 21.1. The van der Waals surface area contributed by atoms with Gasteiger partial charge in [-0.1, -0.05) is 70.2 Å². The lowest BCUT2D eigenvalue weighted by Gasteiger charge is -2.01. The second kappa shape index (κ2) is 11.9. The molecule has 0 amide bonds. The third kappa shape index (κ3) is 6.16. The number of hydrogen-bond donors (Lipinski definition) is 0. The number of aromatic nitrogens is 2. The zero-order valence-corrected chi connectivity index (χ0v) is 18.7. The Morgan fingerprint density at radius 3 is 1.79 bits per heavy atom. The lowest BCUT2D eigenvalue weighted by atomic mass is 10.1. The highest BCUT2D eigenvalue weighted by atomic mass is 14.7. The van der Waals surface area contributed by atoms with Crippen molar-refractivity contribution in [1.82, 2.24) is 9.97 Å². The van der Waals surface area contributed by atoms with Crippen molar-refractivity contribution in [1.29, 1.82) is 0 Å². The fourth-order valence-corrected chi connectivity index (χ4v) is 3.05. The number of para-hydroxylation sites is 1. The van der Waals surface area contributed by atoms with E-state index in [4.69, 9.17) is 0 Å². The predicted octanol–water partition coefficient (Wildman–Crippen LogP) is 7.76. The molecule has 2 aromatic carbocycles. The first-order chi connectivity index (χ1) is 13.5. The lowest BCUT2D eigenvalue weighted by molar-refractivity contribution is 1.15. The van der Waals surface area contributed by atoms with Gasteiger partial charge < -0.3 is 0 Å². The predicted molar refractivity (Wildman–Crippen MR) is 125 cm³/mol. The van der Waals surface area contributed by atoms with Crippen molar-refractivity contribution >= 4 is 21.7 Å². The van der Waals surface area contributed by atoms with Gasteiger partial charge in [0.2, 0.25) is 0 Å². The molecule has 0 aliphatic heterocycles. The summed E-state index contributed by atoms with van der Waals surface area (Å²) in [6.45, 7) is 16.2. The highest BCUT2D eigenvalue weighted by Crippen LogP contribution is 2.17. The summed E-state index contributed by atoms with van der Waals surface area (Å²) in [5, 5.41) is 3.79. The quantitative estimate of drug-likeness (QED) is 0.314. The van der Waals surface area contributed by atoms with Gasteiger partial charge in [-0.2, -0.15) is 0 Å². The molecule has 0 spiro atoms. The average molecular weight is 375 g/mol. The van der Waals surface area contributed by atoms with E-state index in [1.807, 2.05) is 59.7 Å². The van der Waals surface area contributed by atoms with Crippen LogP contribution in [0.15, 0.2) is 60.7 Å². The normalized spacial score (nSPS) is 9.43. The molecule has 0 saturated heterocycles. The van der Waals surface area contributed by atoms with Gasteiger partial charge in [0.05, 0.1) is 5.52 Å². The number of nitrogens with zero attached hydrogens (tertiary/aromatic N) is 2. The lowest BCUT2D eigenvalue weighted by Crippen LogP contribution is -1.86. The molecule has 0 radical (unpaired) electrons. The molecular weight excluding hydrogens is 340 g/mol. The van der Waals surface area contributed by atoms with E-state index in [9.17, 15) is 0 Å². The average Bonchev–Trinajstić information content (AvgIpc) is 2.71. The van der Waals surface area contributed by atoms with Crippen LogP contribution in [-0.2, 0) is 0 Å². The van der Waals surface area contributed by atoms with Gasteiger partial charge in [0.15, 0.2) is 0 Å². The molecule has 4 rings (SSSR count). The molecule has 0 saturated carbocycles. The van der Waals surface area contributed by atoms with Crippen molar-refractivity contribution in [3.63, 3.8) is 0 Å². The van der Waals surface area contributed by atoms with Crippen LogP contribution >= 0.6 is 0 Å². The molecular formula is C26H34N2. The number of fused-ring (bicyclic) bond motifs is 2. The van der Waals surface area contributed by atoms with Crippen LogP contribution in [0.25, 0.3) is 21.7 Å². The molecule has 2 nitrogen and oxygen atoms in total. The van der Waals surface area contributed by atoms with Gasteiger partial charge in [-0.15, -0.1) is 0 Å². The third-order valence-electron chi connectivity index (χ3n) is 4.11. The van der Waals surface area contributed by atoms with Crippen molar-refractivity contribution in [2.75, 3.05) is 0 Å². The van der Waals surface area contributed by atoms with Gasteiger partial charge in [-0.25, -0.2) is 0 Å². The van der Waals surface area contributed by atoms with E-state index in [2.05, 4.69) is 66.3 Å². The maximum absolute atomic E-state index is 4.44. The number of aryl methyl sites for hydroxylation is 4. The Labute approximate surface area is 170 Å². The molecule has 0 bridgehead atoms. The largest absolute Gasteiger partial charge is 0.258 e. The maximum atomic E-state index is 4.44. The highest BCUT2D eigenvalue weighted by Gasteiger charge is 1.98. The molecule has 28 heavy (non-hydrogen) atoms. The Bertz CT molecular complexity index is 920. The standard InChI is InChI=1S/2C11H11N.2C2H6/c1-8-7-10-5-3-4-6-11(10)9(2)12-8;1-8-7-9(2)12-11-6-4-3-5-10(8)11;2*1-2/h2*3-7H,1-2H3;2*1-2H3. The van der Waals surface area contributed by atoms with Gasteiger partial charge in [0.25, 0.3) is 0 Å². The second-order valence-corrected chi connectivity index (χ2v) is 6.17. The summed E-state index contributed by atoms with van der Waals surface area (Å²) in [6, 6.07) is 20.8. The van der Waals surface area contributed by atoms with E-state index in [1.54, 1.807) is 0 Å². The van der Waals surface area contributed by atoms with E-state index in [1.165, 1.54) is 21.7 Å². The minimum Gasteiger partial charge on any atom is -0.258 e. The van der Waals surface area contributed by atoms with Gasteiger partial charge in [0, 0.05) is 27.9 Å². The second-order valence-electron chi connectivity index (χ2n) is 6.17. The topological polar surface area (TPSA) is 25.8 Å². The number of hydrogen-bond acceptors (Lipinski definition) is 2. The Morgan fingerprint density at radius 1 is 0.571 bits per heavy atom. The summed E-state index contributed by atoms with van der Waals surface area (Å²) in [5.41, 5.74) is 5.69. The molecule has 2 aromatic heterocycles. The van der Waals surface area contributed by atoms with Crippen LogP contribution in [0.5, 0.6) is 0 Å². The fourth-order valence-electron chi connectivity index (χ4n) is 3.05. The van der Waals surface area contributed by atoms with Crippen LogP contribution in [-0.4, -0.2) is 9.97 Å². The van der Waals surface area contributed by atoms with Crippen molar-refractivity contribution in [2.45, 2.75) is 55.4 Å². The summed E-state index contributed by atoms with van der Waals surface area (Å²) in [4.78, 5) is 8.84. The van der Waals surface area contributed by atoms with Crippen LogP contribution < -0.4 is 0 Å². The summed E-state index contributed by atoms with van der Waals surface area (Å²) in [7, 11) is 0. The van der Waals surface area contributed by atoms with E-state index in [0.717, 1.165) is 22.6 Å². The van der Waals surface area contributed by atoms with Crippen LogP contribution in [0.1, 0.15) is 50.3 Å². The fraction of sp³-hybridized carbons (Fsp3) is 0.308. The van der Waals surface area contributed by atoms with Crippen LogP contribution in [0.4, 0.5) is 0 Å². The van der Waals surface area contributed by atoms with E-state index < -0.39 is 0 Å². The molecule has 0 atom stereocenters. The van der Waals surface area contributed by atoms with Crippen LogP contribution in [0.3, 0.4) is 0 Å². The maximum Gasteiger partial charge on any atom is 0.0707 e. The Balaban J connectivity index is 0.000000238. The summed E-state index contributed by atoms with van der Waals surface area (Å²) >= 11 is 0. The molecule has 2 heteroatoms. The van der Waals surface area contributed by atoms with E-state index in [-0.39, 0.29) is 0 Å². The molecule has 0 aliphatic carbocycles. The molecule has 4 aromatic rings. The number of pyridine rings is 2. The smallest absolute Gasteiger partial charge is 0.0707 e. The first-order valence-corrected chi connectivity index (χ1v) is 10.2. The Kier molecular flexibility index (Phi) is 9.87. The van der Waals surface area contributed by atoms with E-state index in [0.29, 0.717) is 0 Å². The molecule has 2 heterocycles. The molecule has 148 valence electrons. The van der Waals surface area contributed by atoms with Crippen LogP contribution in [0, 0.1) is 27.7 Å². The van der Waals surface area contributed by atoms with Crippen LogP contribution in [0.2, 0.25) is 0 Å². The van der Waals surface area contributed by atoms with Crippen molar-refractivity contribution in [3.8, 4) is 0 Å². The van der Waals surface area contributed by atoms with E-state index >= 15 is 0 Å². The minimum atomic E-state index is 1.09. The first-order valence-electron chi connectivity index (χ1n) is 10.2. The van der Waals surface area contributed by atoms with Gasteiger partial charge in [-0.05, 0) is 56.8 Å². The Morgan fingerprint density at radius 2 is 1.11 bits per heavy atom. The summed E-state index contributed by atoms with van der Waals surface area (Å²) < 4.78 is 0.